The Morgan fingerprint density at radius 1 is 1.00 bits per heavy atom. The van der Waals surface area contributed by atoms with Crippen LogP contribution in [-0.4, -0.2) is 18.9 Å². The van der Waals surface area contributed by atoms with Gasteiger partial charge in [0.2, 0.25) is 0 Å². The first-order valence-electron chi connectivity index (χ1n) is 8.10. The highest BCUT2D eigenvalue weighted by Gasteiger charge is 2.11. The molecule has 0 unspecified atom stereocenters. The number of carbonyl (C=O) groups excluding carboxylic acids is 1. The van der Waals surface area contributed by atoms with Crippen LogP contribution in [0.5, 0.6) is 0 Å². The van der Waals surface area contributed by atoms with Crippen molar-refractivity contribution in [1.82, 2.24) is 0 Å². The summed E-state index contributed by atoms with van der Waals surface area (Å²) in [5.74, 6) is 0.785. The van der Waals surface area contributed by atoms with Crippen molar-refractivity contribution in [2.24, 2.45) is 0 Å². The van der Waals surface area contributed by atoms with Gasteiger partial charge in [0.25, 0.3) is 0 Å². The van der Waals surface area contributed by atoms with Gasteiger partial charge in [-0.05, 0) is 67.8 Å². The number of nitrogens with zero attached hydrogens (tertiary/aromatic N) is 1. The largest absolute Gasteiger partial charge is 0.465 e. The smallest absolute Gasteiger partial charge is 0.185 e. The van der Waals surface area contributed by atoms with Gasteiger partial charge in [-0.3, -0.25) is 4.79 Å². The van der Waals surface area contributed by atoms with Gasteiger partial charge in [-0.1, -0.05) is 12.2 Å². The SMILES string of the molecule is O=C(/C=C/C=C/c1ccco1)c1ccc(N2CCCCC2)cc1. The highest BCUT2D eigenvalue weighted by molar-refractivity contribution is 6.04. The Labute approximate surface area is 136 Å². The molecule has 0 saturated carbocycles. The highest BCUT2D eigenvalue weighted by Crippen LogP contribution is 2.20. The molecule has 1 aromatic heterocycles. The summed E-state index contributed by atoms with van der Waals surface area (Å²) in [4.78, 5) is 14.5. The zero-order valence-electron chi connectivity index (χ0n) is 13.2. The van der Waals surface area contributed by atoms with E-state index in [2.05, 4.69) is 4.90 Å². The van der Waals surface area contributed by atoms with Gasteiger partial charge >= 0.3 is 0 Å². The van der Waals surface area contributed by atoms with E-state index in [0.29, 0.717) is 5.56 Å². The van der Waals surface area contributed by atoms with Gasteiger partial charge in [0.05, 0.1) is 6.26 Å². The first-order chi connectivity index (χ1) is 11.3. The zero-order chi connectivity index (χ0) is 15.9. The fourth-order valence-corrected chi connectivity index (χ4v) is 2.76. The molecule has 0 radical (unpaired) electrons. The standard InChI is InChI=1S/C20H21NO2/c22-20(9-3-2-7-19-8-6-16-23-19)17-10-12-18(13-11-17)21-14-4-1-5-15-21/h2-3,6-13,16H,1,4-5,14-15H2/b7-2+,9-3+. The molecule has 0 spiro atoms. The van der Waals surface area contributed by atoms with Crippen molar-refractivity contribution in [3.63, 3.8) is 0 Å². The summed E-state index contributed by atoms with van der Waals surface area (Å²) in [7, 11) is 0. The minimum absolute atomic E-state index is 0.0132. The van der Waals surface area contributed by atoms with Crippen molar-refractivity contribution in [3.8, 4) is 0 Å². The van der Waals surface area contributed by atoms with E-state index in [1.165, 1.54) is 24.9 Å². The van der Waals surface area contributed by atoms with Crippen LogP contribution in [0.2, 0.25) is 0 Å². The molecule has 3 nitrogen and oxygen atoms in total. The average Bonchev–Trinajstić information content (AvgIpc) is 3.13. The Morgan fingerprint density at radius 2 is 1.78 bits per heavy atom. The van der Waals surface area contributed by atoms with Gasteiger partial charge in [0, 0.05) is 24.3 Å². The quantitative estimate of drug-likeness (QED) is 0.455. The van der Waals surface area contributed by atoms with Crippen molar-refractivity contribution >= 4 is 17.5 Å². The molecule has 0 bridgehead atoms. The number of hydrogen-bond acceptors (Lipinski definition) is 3. The van der Waals surface area contributed by atoms with E-state index < -0.39 is 0 Å². The minimum Gasteiger partial charge on any atom is -0.465 e. The fourth-order valence-electron chi connectivity index (χ4n) is 2.76. The molecule has 0 N–H and O–H groups in total. The number of allylic oxidation sites excluding steroid dienone is 3. The van der Waals surface area contributed by atoms with Crippen LogP contribution in [0.15, 0.2) is 65.3 Å². The summed E-state index contributed by atoms with van der Waals surface area (Å²) in [5, 5.41) is 0. The maximum atomic E-state index is 12.1. The van der Waals surface area contributed by atoms with Crippen molar-refractivity contribution < 1.29 is 9.21 Å². The second-order valence-corrected chi connectivity index (χ2v) is 5.69. The lowest BCUT2D eigenvalue weighted by molar-refractivity contribution is 0.104. The third-order valence-corrected chi connectivity index (χ3v) is 4.04. The third kappa shape index (κ3) is 4.22. The Morgan fingerprint density at radius 3 is 2.48 bits per heavy atom. The van der Waals surface area contributed by atoms with Crippen LogP contribution in [0.25, 0.3) is 6.08 Å². The zero-order valence-corrected chi connectivity index (χ0v) is 13.2. The molecule has 1 aliphatic rings. The fraction of sp³-hybridized carbons (Fsp3) is 0.250. The molecule has 2 heterocycles. The Kier molecular flexibility index (Phi) is 5.09. The Bertz CT molecular complexity index is 675. The number of hydrogen-bond donors (Lipinski definition) is 0. The molecule has 1 aromatic carbocycles. The molecule has 1 saturated heterocycles. The van der Waals surface area contributed by atoms with Crippen LogP contribution >= 0.6 is 0 Å². The molecular formula is C20H21NO2. The molecule has 1 fully saturated rings. The highest BCUT2D eigenvalue weighted by atomic mass is 16.3. The van der Waals surface area contributed by atoms with Crippen molar-refractivity contribution in [2.45, 2.75) is 19.3 Å². The Hall–Kier alpha value is -2.55. The second-order valence-electron chi connectivity index (χ2n) is 5.69. The molecular weight excluding hydrogens is 286 g/mol. The number of piperidine rings is 1. The number of anilines is 1. The first kappa shape index (κ1) is 15.3. The third-order valence-electron chi connectivity index (χ3n) is 4.04. The molecule has 0 amide bonds. The molecule has 118 valence electrons. The minimum atomic E-state index is 0.0132. The second kappa shape index (κ2) is 7.63. The van der Waals surface area contributed by atoms with Gasteiger partial charge in [-0.15, -0.1) is 0 Å². The predicted octanol–water partition coefficient (Wildman–Crippen LogP) is 4.72. The summed E-state index contributed by atoms with van der Waals surface area (Å²) < 4.78 is 5.19. The summed E-state index contributed by atoms with van der Waals surface area (Å²) in [6.07, 6.45) is 12.4. The topological polar surface area (TPSA) is 33.5 Å². The molecule has 3 rings (SSSR count). The van der Waals surface area contributed by atoms with E-state index in [1.54, 1.807) is 24.5 Å². The number of ketones is 1. The molecule has 2 aromatic rings. The van der Waals surface area contributed by atoms with Crippen LogP contribution < -0.4 is 4.90 Å². The van der Waals surface area contributed by atoms with Gasteiger partial charge in [0.1, 0.15) is 5.76 Å². The number of carbonyl (C=O) groups is 1. The van der Waals surface area contributed by atoms with E-state index in [-0.39, 0.29) is 5.78 Å². The summed E-state index contributed by atoms with van der Waals surface area (Å²) >= 11 is 0. The number of rotatable bonds is 5. The van der Waals surface area contributed by atoms with E-state index in [0.717, 1.165) is 18.8 Å². The van der Waals surface area contributed by atoms with E-state index in [9.17, 15) is 4.79 Å². The van der Waals surface area contributed by atoms with Gasteiger partial charge in [0.15, 0.2) is 5.78 Å². The van der Waals surface area contributed by atoms with Crippen LogP contribution in [-0.2, 0) is 0 Å². The molecule has 1 aliphatic heterocycles. The molecule has 0 aliphatic carbocycles. The predicted molar refractivity (Wildman–Crippen MR) is 93.7 cm³/mol. The normalized spacial score (nSPS) is 15.6. The molecule has 0 atom stereocenters. The average molecular weight is 307 g/mol. The lowest BCUT2D eigenvalue weighted by Gasteiger charge is -2.28. The van der Waals surface area contributed by atoms with Crippen LogP contribution in [0.1, 0.15) is 35.4 Å². The lowest BCUT2D eigenvalue weighted by atomic mass is 10.1. The van der Waals surface area contributed by atoms with Gasteiger partial charge in [-0.2, -0.15) is 0 Å². The van der Waals surface area contributed by atoms with Crippen LogP contribution in [0.4, 0.5) is 5.69 Å². The summed E-state index contributed by atoms with van der Waals surface area (Å²) in [5.41, 5.74) is 1.93. The number of benzene rings is 1. The first-order valence-corrected chi connectivity index (χ1v) is 8.10. The van der Waals surface area contributed by atoms with Gasteiger partial charge < -0.3 is 9.32 Å². The molecule has 23 heavy (non-hydrogen) atoms. The number of furan rings is 1. The summed E-state index contributed by atoms with van der Waals surface area (Å²) in [6, 6.07) is 11.6. The Balaban J connectivity index is 1.58. The van der Waals surface area contributed by atoms with Crippen LogP contribution in [0, 0.1) is 0 Å². The van der Waals surface area contributed by atoms with Crippen molar-refractivity contribution in [2.75, 3.05) is 18.0 Å². The van der Waals surface area contributed by atoms with E-state index in [4.69, 9.17) is 4.42 Å². The van der Waals surface area contributed by atoms with E-state index >= 15 is 0 Å². The molecule has 3 heteroatoms. The van der Waals surface area contributed by atoms with E-state index in [1.807, 2.05) is 42.5 Å². The van der Waals surface area contributed by atoms with Crippen molar-refractivity contribution in [3.05, 3.63) is 72.2 Å². The summed E-state index contributed by atoms with van der Waals surface area (Å²) in [6.45, 7) is 2.23. The monoisotopic (exact) mass is 307 g/mol. The maximum Gasteiger partial charge on any atom is 0.185 e. The van der Waals surface area contributed by atoms with Gasteiger partial charge in [-0.25, -0.2) is 0 Å². The van der Waals surface area contributed by atoms with Crippen LogP contribution in [0.3, 0.4) is 0 Å². The maximum absolute atomic E-state index is 12.1. The lowest BCUT2D eigenvalue weighted by Crippen LogP contribution is -2.29. The van der Waals surface area contributed by atoms with Crippen molar-refractivity contribution in [1.29, 1.82) is 0 Å².